The van der Waals surface area contributed by atoms with Crippen LogP contribution >= 0.6 is 0 Å². The number of rotatable bonds is 6. The Morgan fingerprint density at radius 2 is 2.17 bits per heavy atom. The molecule has 2 aromatic heterocycles. The third-order valence-electron chi connectivity index (χ3n) is 2.24. The summed E-state index contributed by atoms with van der Waals surface area (Å²) < 4.78 is 15.4. The molecule has 0 amide bonds. The average Bonchev–Trinajstić information content (AvgIpc) is 2.85. The van der Waals surface area contributed by atoms with E-state index in [0.29, 0.717) is 36.1 Å². The van der Waals surface area contributed by atoms with Crippen LogP contribution in [0.1, 0.15) is 17.1 Å². The van der Waals surface area contributed by atoms with E-state index in [1.165, 1.54) is 0 Å². The zero-order valence-corrected chi connectivity index (χ0v) is 10.00. The van der Waals surface area contributed by atoms with E-state index in [2.05, 4.69) is 10.1 Å². The largest absolute Gasteiger partial charge is 0.486 e. The van der Waals surface area contributed by atoms with Gasteiger partial charge in [-0.25, -0.2) is 0 Å². The highest BCUT2D eigenvalue weighted by atomic mass is 16.5. The van der Waals surface area contributed by atoms with Gasteiger partial charge in [0.05, 0.1) is 18.5 Å². The van der Waals surface area contributed by atoms with E-state index in [1.54, 1.807) is 31.5 Å². The van der Waals surface area contributed by atoms with Crippen molar-refractivity contribution in [1.82, 2.24) is 10.1 Å². The summed E-state index contributed by atoms with van der Waals surface area (Å²) >= 11 is 0. The van der Waals surface area contributed by atoms with E-state index < -0.39 is 0 Å². The van der Waals surface area contributed by atoms with Gasteiger partial charge in [0.15, 0.2) is 5.76 Å². The molecule has 6 nitrogen and oxygen atoms in total. The first-order valence-corrected chi connectivity index (χ1v) is 5.44. The molecule has 0 aliphatic heterocycles. The maximum atomic E-state index is 8.85. The van der Waals surface area contributed by atoms with E-state index in [4.69, 9.17) is 19.1 Å². The summed E-state index contributed by atoms with van der Waals surface area (Å²) in [4.78, 5) is 4.01. The smallest absolute Gasteiger partial charge is 0.162 e. The van der Waals surface area contributed by atoms with Crippen LogP contribution in [0.25, 0.3) is 0 Å². The molecule has 2 heterocycles. The zero-order chi connectivity index (χ0) is 12.8. The van der Waals surface area contributed by atoms with E-state index in [1.807, 2.05) is 0 Å². The van der Waals surface area contributed by atoms with Gasteiger partial charge in [-0.15, -0.1) is 0 Å². The summed E-state index contributed by atoms with van der Waals surface area (Å²) in [6.07, 6.45) is 1.56. The Bertz CT molecular complexity index is 481. The number of aliphatic hydroxyl groups is 1. The Balaban J connectivity index is 1.89. The van der Waals surface area contributed by atoms with Gasteiger partial charge in [0.25, 0.3) is 0 Å². The highest BCUT2D eigenvalue weighted by Gasteiger charge is 2.04. The number of aliphatic hydroxyl groups excluding tert-OH is 1. The van der Waals surface area contributed by atoms with Crippen molar-refractivity contribution in [3.63, 3.8) is 0 Å². The first-order valence-electron chi connectivity index (χ1n) is 5.44. The molecule has 6 heteroatoms. The summed E-state index contributed by atoms with van der Waals surface area (Å²) in [5.41, 5.74) is 1.29. The lowest BCUT2D eigenvalue weighted by Crippen LogP contribution is -1.97. The van der Waals surface area contributed by atoms with E-state index in [-0.39, 0.29) is 6.61 Å². The Labute approximate surface area is 104 Å². The van der Waals surface area contributed by atoms with Gasteiger partial charge in [-0.05, 0) is 12.1 Å². The van der Waals surface area contributed by atoms with Crippen LogP contribution in [0.15, 0.2) is 28.9 Å². The van der Waals surface area contributed by atoms with E-state index >= 15 is 0 Å². The normalized spacial score (nSPS) is 10.6. The van der Waals surface area contributed by atoms with Crippen molar-refractivity contribution < 1.29 is 19.1 Å². The SMILES string of the molecule is COCc1cc(COc2ccc(CO)nc2)no1. The van der Waals surface area contributed by atoms with Crippen LogP contribution in [0, 0.1) is 0 Å². The van der Waals surface area contributed by atoms with Crippen molar-refractivity contribution in [1.29, 1.82) is 0 Å². The summed E-state index contributed by atoms with van der Waals surface area (Å²) in [6.45, 7) is 0.608. The van der Waals surface area contributed by atoms with Gasteiger partial charge in [0.2, 0.25) is 0 Å². The maximum Gasteiger partial charge on any atom is 0.162 e. The molecule has 2 rings (SSSR count). The molecular weight excluding hydrogens is 236 g/mol. The van der Waals surface area contributed by atoms with Crippen molar-refractivity contribution in [2.75, 3.05) is 7.11 Å². The standard InChI is InChI=1S/C12H14N2O4/c1-16-8-12-4-10(14-18-12)7-17-11-3-2-9(6-15)13-5-11/h2-5,15H,6-8H2,1H3. The first kappa shape index (κ1) is 12.5. The Morgan fingerprint density at radius 3 is 2.83 bits per heavy atom. The van der Waals surface area contributed by atoms with Crippen LogP contribution in [-0.2, 0) is 24.6 Å². The van der Waals surface area contributed by atoms with E-state index in [0.717, 1.165) is 0 Å². The predicted molar refractivity (Wildman–Crippen MR) is 61.7 cm³/mol. The minimum Gasteiger partial charge on any atom is -0.486 e. The fourth-order valence-electron chi connectivity index (χ4n) is 1.38. The molecule has 0 radical (unpaired) electrons. The van der Waals surface area contributed by atoms with Gasteiger partial charge >= 0.3 is 0 Å². The highest BCUT2D eigenvalue weighted by Crippen LogP contribution is 2.12. The highest BCUT2D eigenvalue weighted by molar-refractivity contribution is 5.20. The monoisotopic (exact) mass is 250 g/mol. The molecule has 0 aliphatic rings. The Hall–Kier alpha value is -1.92. The molecule has 0 bridgehead atoms. The lowest BCUT2D eigenvalue weighted by Gasteiger charge is -2.03. The summed E-state index contributed by atoms with van der Waals surface area (Å²) in [5.74, 6) is 1.27. The summed E-state index contributed by atoms with van der Waals surface area (Å²) in [5, 5.41) is 12.7. The second kappa shape index (κ2) is 6.13. The van der Waals surface area contributed by atoms with E-state index in [9.17, 15) is 0 Å². The van der Waals surface area contributed by atoms with Gasteiger partial charge in [0, 0.05) is 13.2 Å². The second-order valence-electron chi connectivity index (χ2n) is 3.65. The average molecular weight is 250 g/mol. The molecule has 0 fully saturated rings. The fraction of sp³-hybridized carbons (Fsp3) is 0.333. The van der Waals surface area contributed by atoms with Crippen LogP contribution in [-0.4, -0.2) is 22.4 Å². The number of methoxy groups -OCH3 is 1. The predicted octanol–water partition coefficient (Wildman–Crippen LogP) is 1.29. The lowest BCUT2D eigenvalue weighted by molar-refractivity contribution is 0.155. The summed E-state index contributed by atoms with van der Waals surface area (Å²) in [7, 11) is 1.59. The second-order valence-corrected chi connectivity index (χ2v) is 3.65. The first-order chi connectivity index (χ1) is 8.81. The van der Waals surface area contributed by atoms with Gasteiger partial charge in [-0.2, -0.15) is 0 Å². The molecule has 0 unspecified atom stereocenters. The van der Waals surface area contributed by atoms with Crippen molar-refractivity contribution in [3.05, 3.63) is 41.5 Å². The number of nitrogens with zero attached hydrogens (tertiary/aromatic N) is 2. The number of pyridine rings is 1. The van der Waals surface area contributed by atoms with Crippen LogP contribution in [0.5, 0.6) is 5.75 Å². The van der Waals surface area contributed by atoms with Crippen molar-refractivity contribution >= 4 is 0 Å². The minimum absolute atomic E-state index is 0.0794. The number of hydrogen-bond acceptors (Lipinski definition) is 6. The molecule has 0 atom stereocenters. The molecule has 18 heavy (non-hydrogen) atoms. The van der Waals surface area contributed by atoms with Gasteiger partial charge in [-0.3, -0.25) is 4.98 Å². The van der Waals surface area contributed by atoms with Crippen molar-refractivity contribution in [2.24, 2.45) is 0 Å². The Kier molecular flexibility index (Phi) is 4.27. The number of hydrogen-bond donors (Lipinski definition) is 1. The van der Waals surface area contributed by atoms with Crippen molar-refractivity contribution in [3.8, 4) is 5.75 Å². The van der Waals surface area contributed by atoms with Gasteiger partial charge in [-0.1, -0.05) is 5.16 Å². The fourth-order valence-corrected chi connectivity index (χ4v) is 1.38. The Morgan fingerprint density at radius 1 is 1.28 bits per heavy atom. The third kappa shape index (κ3) is 3.28. The van der Waals surface area contributed by atoms with Gasteiger partial charge in [0.1, 0.15) is 24.7 Å². The molecule has 0 aromatic carbocycles. The lowest BCUT2D eigenvalue weighted by atomic mass is 10.3. The number of ether oxygens (including phenoxy) is 2. The quantitative estimate of drug-likeness (QED) is 0.832. The third-order valence-corrected chi connectivity index (χ3v) is 2.24. The van der Waals surface area contributed by atoms with Crippen LogP contribution in [0.4, 0.5) is 0 Å². The van der Waals surface area contributed by atoms with Gasteiger partial charge < -0.3 is 19.1 Å². The molecular formula is C12H14N2O4. The van der Waals surface area contributed by atoms with Crippen LogP contribution in [0.2, 0.25) is 0 Å². The molecule has 1 N–H and O–H groups in total. The van der Waals surface area contributed by atoms with Crippen LogP contribution in [0.3, 0.4) is 0 Å². The molecule has 0 spiro atoms. The molecule has 2 aromatic rings. The zero-order valence-electron chi connectivity index (χ0n) is 10.00. The minimum atomic E-state index is -0.0794. The molecule has 0 saturated heterocycles. The van der Waals surface area contributed by atoms with Crippen LogP contribution < -0.4 is 4.74 Å². The number of aromatic nitrogens is 2. The van der Waals surface area contributed by atoms with Crippen molar-refractivity contribution in [2.45, 2.75) is 19.8 Å². The molecule has 96 valence electrons. The topological polar surface area (TPSA) is 77.6 Å². The molecule has 0 saturated carbocycles. The molecule has 0 aliphatic carbocycles. The maximum absolute atomic E-state index is 8.85. The summed E-state index contributed by atoms with van der Waals surface area (Å²) in [6, 6.07) is 5.22.